The van der Waals surface area contributed by atoms with Crippen molar-refractivity contribution in [2.45, 2.75) is 30.3 Å². The van der Waals surface area contributed by atoms with E-state index in [4.69, 9.17) is 0 Å². The predicted molar refractivity (Wildman–Crippen MR) is 108 cm³/mol. The van der Waals surface area contributed by atoms with Crippen LogP contribution in [0.3, 0.4) is 0 Å². The van der Waals surface area contributed by atoms with Gasteiger partial charge in [-0.1, -0.05) is 23.9 Å². The molecule has 0 spiro atoms. The summed E-state index contributed by atoms with van der Waals surface area (Å²) in [5.41, 5.74) is 2.37. The van der Waals surface area contributed by atoms with E-state index < -0.39 is 5.25 Å². The average molecular weight is 396 g/mol. The van der Waals surface area contributed by atoms with Crippen LogP contribution in [0.25, 0.3) is 10.9 Å². The van der Waals surface area contributed by atoms with Crippen LogP contribution in [0.2, 0.25) is 0 Å². The van der Waals surface area contributed by atoms with Gasteiger partial charge >= 0.3 is 0 Å². The highest BCUT2D eigenvalue weighted by Gasteiger charge is 2.26. The molecule has 7 nitrogen and oxygen atoms in total. The molecule has 28 heavy (non-hydrogen) atoms. The maximum atomic E-state index is 12.9. The molecular formula is C20H20N4O3S. The van der Waals surface area contributed by atoms with E-state index in [1.54, 1.807) is 42.4 Å². The van der Waals surface area contributed by atoms with Crippen molar-refractivity contribution in [3.63, 3.8) is 0 Å². The molecule has 144 valence electrons. The molecule has 3 aromatic rings. The van der Waals surface area contributed by atoms with Crippen LogP contribution >= 0.6 is 11.8 Å². The van der Waals surface area contributed by atoms with Gasteiger partial charge in [0.05, 0.1) is 16.2 Å². The smallest absolute Gasteiger partial charge is 0.259 e. The van der Waals surface area contributed by atoms with E-state index >= 15 is 0 Å². The van der Waals surface area contributed by atoms with Crippen molar-refractivity contribution in [1.82, 2.24) is 19.4 Å². The van der Waals surface area contributed by atoms with Crippen molar-refractivity contribution < 1.29 is 4.79 Å². The summed E-state index contributed by atoms with van der Waals surface area (Å²) in [4.78, 5) is 45.9. The van der Waals surface area contributed by atoms with Crippen molar-refractivity contribution in [2.75, 3.05) is 6.54 Å². The van der Waals surface area contributed by atoms with Gasteiger partial charge in [-0.15, -0.1) is 0 Å². The number of carbonyl (C=O) groups is 1. The number of benzene rings is 1. The first kappa shape index (κ1) is 18.5. The lowest BCUT2D eigenvalue weighted by atomic mass is 10.0. The molecule has 0 saturated carbocycles. The number of thioether (sulfide) groups is 1. The first-order chi connectivity index (χ1) is 13.4. The van der Waals surface area contributed by atoms with E-state index in [1.807, 2.05) is 13.0 Å². The van der Waals surface area contributed by atoms with E-state index in [1.165, 1.54) is 16.3 Å². The fourth-order valence-electron chi connectivity index (χ4n) is 3.42. The molecule has 1 amide bonds. The summed E-state index contributed by atoms with van der Waals surface area (Å²) in [6.07, 6.45) is 2.47. The monoisotopic (exact) mass is 396 g/mol. The summed E-state index contributed by atoms with van der Waals surface area (Å²) in [6.45, 7) is 2.87. The van der Waals surface area contributed by atoms with Crippen LogP contribution in [0.15, 0.2) is 51.3 Å². The lowest BCUT2D eigenvalue weighted by molar-refractivity contribution is -0.131. The minimum Gasteiger partial charge on any atom is -0.337 e. The van der Waals surface area contributed by atoms with Gasteiger partial charge in [0, 0.05) is 32.4 Å². The maximum absolute atomic E-state index is 12.9. The Morgan fingerprint density at radius 3 is 2.86 bits per heavy atom. The molecule has 1 N–H and O–H groups in total. The number of aryl methyl sites for hydroxylation is 1. The lowest BCUT2D eigenvalue weighted by Crippen LogP contribution is -2.41. The van der Waals surface area contributed by atoms with Crippen molar-refractivity contribution in [3.8, 4) is 0 Å². The normalized spacial score (nSPS) is 14.7. The number of pyridine rings is 1. The molecule has 0 bridgehead atoms. The number of aromatic nitrogens is 3. The Bertz CT molecular complexity index is 1180. The van der Waals surface area contributed by atoms with Crippen LogP contribution in [-0.2, 0) is 24.8 Å². The highest BCUT2D eigenvalue weighted by Crippen LogP contribution is 2.24. The summed E-state index contributed by atoms with van der Waals surface area (Å²) in [7, 11) is 1.71. The Morgan fingerprint density at radius 2 is 2.04 bits per heavy atom. The second-order valence-electron chi connectivity index (χ2n) is 6.93. The molecular weight excluding hydrogens is 376 g/mol. The number of aromatic amines is 1. The van der Waals surface area contributed by atoms with Crippen LogP contribution in [0.4, 0.5) is 0 Å². The zero-order valence-electron chi connectivity index (χ0n) is 15.6. The van der Waals surface area contributed by atoms with Gasteiger partial charge in [-0.3, -0.25) is 14.4 Å². The number of hydrogen-bond acceptors (Lipinski definition) is 5. The quantitative estimate of drug-likeness (QED) is 0.538. The molecule has 1 aliphatic heterocycles. The van der Waals surface area contributed by atoms with Gasteiger partial charge in [-0.2, -0.15) is 0 Å². The fourth-order valence-corrected chi connectivity index (χ4v) is 4.31. The molecule has 1 aromatic carbocycles. The number of rotatable bonds is 3. The SMILES string of the molecule is CC(Sc1nc2ccccc2c(=O)[nH]1)C(=O)N1CCc2cc(=O)n(C)cc2C1. The van der Waals surface area contributed by atoms with E-state index in [-0.39, 0.29) is 17.0 Å². The topological polar surface area (TPSA) is 88.1 Å². The molecule has 0 aliphatic carbocycles. The third kappa shape index (κ3) is 3.47. The number of fused-ring (bicyclic) bond motifs is 2. The van der Waals surface area contributed by atoms with Crippen LogP contribution in [0, 0.1) is 0 Å². The highest BCUT2D eigenvalue weighted by molar-refractivity contribution is 8.00. The summed E-state index contributed by atoms with van der Waals surface area (Å²) in [6, 6.07) is 8.78. The van der Waals surface area contributed by atoms with Crippen molar-refractivity contribution in [2.24, 2.45) is 7.05 Å². The first-order valence-electron chi connectivity index (χ1n) is 9.05. The third-order valence-electron chi connectivity index (χ3n) is 4.96. The summed E-state index contributed by atoms with van der Waals surface area (Å²) < 4.78 is 1.54. The van der Waals surface area contributed by atoms with Crippen LogP contribution in [0.1, 0.15) is 18.1 Å². The minimum absolute atomic E-state index is 0.0136. The van der Waals surface area contributed by atoms with Gasteiger partial charge in [0.1, 0.15) is 0 Å². The fraction of sp³-hybridized carbons (Fsp3) is 0.300. The Labute approximate surface area is 165 Å². The van der Waals surface area contributed by atoms with E-state index in [9.17, 15) is 14.4 Å². The van der Waals surface area contributed by atoms with Gasteiger partial charge in [-0.05, 0) is 36.6 Å². The maximum Gasteiger partial charge on any atom is 0.259 e. The Morgan fingerprint density at radius 1 is 1.25 bits per heavy atom. The Balaban J connectivity index is 1.52. The minimum atomic E-state index is -0.390. The van der Waals surface area contributed by atoms with Crippen molar-refractivity contribution in [3.05, 3.63) is 68.4 Å². The third-order valence-corrected chi connectivity index (χ3v) is 5.93. The Kier molecular flexibility index (Phi) is 4.80. The Hall–Kier alpha value is -2.87. The molecule has 8 heteroatoms. The van der Waals surface area contributed by atoms with Crippen molar-refractivity contribution in [1.29, 1.82) is 0 Å². The molecule has 0 radical (unpaired) electrons. The largest absolute Gasteiger partial charge is 0.337 e. The molecule has 0 saturated heterocycles. The van der Waals surface area contributed by atoms with Gasteiger partial charge in [0.25, 0.3) is 11.1 Å². The second kappa shape index (κ2) is 7.27. The molecule has 0 fully saturated rings. The molecule has 1 aliphatic rings. The van der Waals surface area contributed by atoms with Crippen LogP contribution in [-0.4, -0.2) is 37.1 Å². The summed E-state index contributed by atoms with van der Waals surface area (Å²) in [5, 5.41) is 0.576. The molecule has 1 unspecified atom stereocenters. The van der Waals surface area contributed by atoms with Gasteiger partial charge in [0.2, 0.25) is 5.91 Å². The van der Waals surface area contributed by atoms with Gasteiger partial charge in [-0.25, -0.2) is 4.98 Å². The zero-order valence-corrected chi connectivity index (χ0v) is 16.5. The molecule has 4 rings (SSSR count). The van der Waals surface area contributed by atoms with E-state index in [0.717, 1.165) is 11.1 Å². The van der Waals surface area contributed by atoms with Crippen LogP contribution < -0.4 is 11.1 Å². The summed E-state index contributed by atoms with van der Waals surface area (Å²) >= 11 is 1.25. The number of H-pyrrole nitrogens is 1. The average Bonchev–Trinajstić information content (AvgIpc) is 2.68. The van der Waals surface area contributed by atoms with Crippen molar-refractivity contribution >= 4 is 28.6 Å². The highest BCUT2D eigenvalue weighted by atomic mass is 32.2. The number of carbonyl (C=O) groups excluding carboxylic acids is 1. The number of nitrogens with one attached hydrogen (secondary N) is 1. The second-order valence-corrected chi connectivity index (χ2v) is 8.26. The van der Waals surface area contributed by atoms with Gasteiger partial charge in [0.15, 0.2) is 5.16 Å². The first-order valence-corrected chi connectivity index (χ1v) is 9.93. The molecule has 2 aromatic heterocycles. The summed E-state index contributed by atoms with van der Waals surface area (Å²) in [5.74, 6) is -0.0136. The van der Waals surface area contributed by atoms with E-state index in [2.05, 4.69) is 9.97 Å². The van der Waals surface area contributed by atoms with E-state index in [0.29, 0.717) is 35.6 Å². The standard InChI is InChI=1S/C20H20N4O3S/c1-12(28-20-21-16-6-4-3-5-15(16)18(26)22-20)19(27)24-8-7-13-9-17(25)23(2)10-14(13)11-24/h3-6,9-10,12H,7-8,11H2,1-2H3,(H,21,22,26). The zero-order chi connectivity index (χ0) is 19.8. The van der Waals surface area contributed by atoms with Gasteiger partial charge < -0.3 is 14.5 Å². The molecule has 1 atom stereocenters. The number of hydrogen-bond donors (Lipinski definition) is 1. The number of nitrogens with zero attached hydrogens (tertiary/aromatic N) is 3. The predicted octanol–water partition coefficient (Wildman–Crippen LogP) is 1.69. The lowest BCUT2D eigenvalue weighted by Gasteiger charge is -2.30. The number of para-hydroxylation sites is 1. The van der Waals surface area contributed by atoms with Crippen LogP contribution in [0.5, 0.6) is 0 Å². The molecule has 3 heterocycles. The number of amides is 1.